The van der Waals surface area contributed by atoms with Crippen molar-refractivity contribution < 1.29 is 9.84 Å². The Morgan fingerprint density at radius 2 is 1.88 bits per heavy atom. The van der Waals surface area contributed by atoms with Crippen LogP contribution in [0.3, 0.4) is 0 Å². The molecule has 0 spiro atoms. The minimum absolute atomic E-state index is 0.0453. The van der Waals surface area contributed by atoms with Crippen molar-refractivity contribution >= 4 is 0 Å². The maximum atomic E-state index is 9.45. The van der Waals surface area contributed by atoms with Gasteiger partial charge in [0.05, 0.1) is 11.7 Å². The first kappa shape index (κ1) is 14.9. The first-order valence-electron chi connectivity index (χ1n) is 6.89. The molecule has 0 saturated heterocycles. The topological polar surface area (TPSA) is 41.5 Å². The Balaban J connectivity index is 2.17. The van der Waals surface area contributed by atoms with Crippen molar-refractivity contribution in [3.05, 3.63) is 0 Å². The molecule has 1 aliphatic carbocycles. The van der Waals surface area contributed by atoms with E-state index in [0.717, 1.165) is 44.6 Å². The predicted octanol–water partition coefficient (Wildman–Crippen LogP) is 2.33. The Morgan fingerprint density at radius 1 is 1.29 bits per heavy atom. The van der Waals surface area contributed by atoms with Gasteiger partial charge < -0.3 is 15.2 Å². The van der Waals surface area contributed by atoms with Gasteiger partial charge in [-0.15, -0.1) is 0 Å². The van der Waals surface area contributed by atoms with Crippen LogP contribution in [-0.4, -0.2) is 36.5 Å². The first-order chi connectivity index (χ1) is 7.93. The van der Waals surface area contributed by atoms with E-state index in [1.807, 2.05) is 0 Å². The molecule has 1 atom stereocenters. The summed E-state index contributed by atoms with van der Waals surface area (Å²) in [7, 11) is 1.77. The highest BCUT2D eigenvalue weighted by atomic mass is 16.5. The number of aliphatic hydroxyl groups excluding tert-OH is 1. The smallest absolute Gasteiger partial charge is 0.0637 e. The molecular formula is C14H29NO2. The lowest BCUT2D eigenvalue weighted by molar-refractivity contribution is 0.00800. The molecule has 0 bridgehead atoms. The number of hydrogen-bond donors (Lipinski definition) is 2. The van der Waals surface area contributed by atoms with Crippen LogP contribution in [-0.2, 0) is 4.74 Å². The van der Waals surface area contributed by atoms with Crippen molar-refractivity contribution in [1.82, 2.24) is 5.32 Å². The highest BCUT2D eigenvalue weighted by molar-refractivity contribution is 4.78. The van der Waals surface area contributed by atoms with Gasteiger partial charge in [0.15, 0.2) is 0 Å². The zero-order chi connectivity index (χ0) is 12.9. The second-order valence-corrected chi connectivity index (χ2v) is 6.15. The van der Waals surface area contributed by atoms with E-state index in [0.29, 0.717) is 6.04 Å². The van der Waals surface area contributed by atoms with E-state index in [1.54, 1.807) is 7.11 Å². The van der Waals surface area contributed by atoms with Crippen LogP contribution in [0.15, 0.2) is 0 Å². The highest BCUT2D eigenvalue weighted by Crippen LogP contribution is 2.24. The fourth-order valence-corrected chi connectivity index (χ4v) is 2.61. The van der Waals surface area contributed by atoms with Gasteiger partial charge in [0, 0.05) is 13.2 Å². The number of nitrogens with one attached hydrogen (secondary N) is 1. The molecule has 0 aliphatic heterocycles. The third-order valence-corrected chi connectivity index (χ3v) is 3.92. The summed E-state index contributed by atoms with van der Waals surface area (Å²) in [5, 5.41) is 13.0. The molecule has 0 radical (unpaired) electrons. The van der Waals surface area contributed by atoms with Crippen LogP contribution >= 0.6 is 0 Å². The summed E-state index contributed by atoms with van der Waals surface area (Å²) >= 11 is 0. The van der Waals surface area contributed by atoms with Gasteiger partial charge in [0.25, 0.3) is 0 Å². The standard InChI is InChI=1S/C14H29NO2/c1-11(9-14(2,3)17-4)15-10-12-5-7-13(16)8-6-12/h11-13,15-16H,5-10H2,1-4H3. The van der Waals surface area contributed by atoms with Crippen molar-refractivity contribution in [1.29, 1.82) is 0 Å². The summed E-state index contributed by atoms with van der Waals surface area (Å²) < 4.78 is 5.44. The van der Waals surface area contributed by atoms with E-state index in [-0.39, 0.29) is 11.7 Å². The van der Waals surface area contributed by atoms with Crippen molar-refractivity contribution in [2.45, 2.75) is 70.6 Å². The Kier molecular flexibility index (Phi) is 5.90. The van der Waals surface area contributed by atoms with Gasteiger partial charge in [0.2, 0.25) is 0 Å². The van der Waals surface area contributed by atoms with Gasteiger partial charge in [-0.1, -0.05) is 0 Å². The number of ether oxygens (including phenoxy) is 1. The molecule has 0 aromatic carbocycles. The van der Waals surface area contributed by atoms with E-state index in [4.69, 9.17) is 4.74 Å². The SMILES string of the molecule is COC(C)(C)CC(C)NCC1CCC(O)CC1. The fraction of sp³-hybridized carbons (Fsp3) is 1.00. The van der Waals surface area contributed by atoms with Crippen LogP contribution in [0.1, 0.15) is 52.9 Å². The Labute approximate surface area is 106 Å². The molecule has 3 heteroatoms. The minimum atomic E-state index is -0.0465. The number of methoxy groups -OCH3 is 1. The fourth-order valence-electron chi connectivity index (χ4n) is 2.61. The molecule has 102 valence electrons. The monoisotopic (exact) mass is 243 g/mol. The second-order valence-electron chi connectivity index (χ2n) is 6.15. The third kappa shape index (κ3) is 5.84. The Bertz CT molecular complexity index is 210. The van der Waals surface area contributed by atoms with Gasteiger partial charge in [-0.25, -0.2) is 0 Å². The summed E-state index contributed by atoms with van der Waals surface area (Å²) in [5.74, 6) is 0.742. The number of hydrogen-bond acceptors (Lipinski definition) is 3. The van der Waals surface area contributed by atoms with Crippen LogP contribution in [0, 0.1) is 5.92 Å². The molecule has 17 heavy (non-hydrogen) atoms. The van der Waals surface area contributed by atoms with Gasteiger partial charge >= 0.3 is 0 Å². The lowest BCUT2D eigenvalue weighted by Crippen LogP contribution is -2.38. The average Bonchev–Trinajstić information content (AvgIpc) is 2.28. The molecule has 1 saturated carbocycles. The maximum Gasteiger partial charge on any atom is 0.0637 e. The molecule has 0 heterocycles. The van der Waals surface area contributed by atoms with Crippen molar-refractivity contribution in [2.24, 2.45) is 5.92 Å². The van der Waals surface area contributed by atoms with Crippen molar-refractivity contribution in [2.75, 3.05) is 13.7 Å². The molecule has 0 amide bonds. The van der Waals surface area contributed by atoms with E-state index in [2.05, 4.69) is 26.1 Å². The van der Waals surface area contributed by atoms with Gasteiger partial charge in [-0.2, -0.15) is 0 Å². The summed E-state index contributed by atoms with van der Waals surface area (Å²) in [6, 6.07) is 0.483. The molecule has 3 nitrogen and oxygen atoms in total. The van der Waals surface area contributed by atoms with Crippen LogP contribution in [0.5, 0.6) is 0 Å². The maximum absolute atomic E-state index is 9.45. The third-order valence-electron chi connectivity index (χ3n) is 3.92. The van der Waals surface area contributed by atoms with Gasteiger partial charge in [-0.05, 0) is 65.3 Å². The summed E-state index contributed by atoms with van der Waals surface area (Å²) in [6.45, 7) is 7.55. The van der Waals surface area contributed by atoms with Gasteiger partial charge in [-0.3, -0.25) is 0 Å². The second kappa shape index (κ2) is 6.72. The molecule has 1 rings (SSSR count). The zero-order valence-corrected chi connectivity index (χ0v) is 11.8. The molecule has 1 fully saturated rings. The van der Waals surface area contributed by atoms with Gasteiger partial charge in [0.1, 0.15) is 0 Å². The van der Waals surface area contributed by atoms with E-state index in [9.17, 15) is 5.11 Å². The molecule has 0 aromatic heterocycles. The molecule has 0 aromatic rings. The number of aliphatic hydroxyl groups is 1. The molecule has 1 unspecified atom stereocenters. The Morgan fingerprint density at radius 3 is 2.41 bits per heavy atom. The number of rotatable bonds is 6. The predicted molar refractivity (Wildman–Crippen MR) is 71.1 cm³/mol. The minimum Gasteiger partial charge on any atom is -0.393 e. The molecular weight excluding hydrogens is 214 g/mol. The van der Waals surface area contributed by atoms with E-state index >= 15 is 0 Å². The summed E-state index contributed by atoms with van der Waals surface area (Å²) in [5.41, 5.74) is -0.0465. The Hall–Kier alpha value is -0.120. The van der Waals surface area contributed by atoms with Crippen LogP contribution < -0.4 is 5.32 Å². The van der Waals surface area contributed by atoms with Crippen molar-refractivity contribution in [3.63, 3.8) is 0 Å². The van der Waals surface area contributed by atoms with E-state index < -0.39 is 0 Å². The first-order valence-corrected chi connectivity index (χ1v) is 6.89. The summed E-state index contributed by atoms with van der Waals surface area (Å²) in [4.78, 5) is 0. The van der Waals surface area contributed by atoms with Crippen LogP contribution in [0.25, 0.3) is 0 Å². The van der Waals surface area contributed by atoms with Crippen LogP contribution in [0.4, 0.5) is 0 Å². The highest BCUT2D eigenvalue weighted by Gasteiger charge is 2.22. The molecule has 2 N–H and O–H groups in total. The zero-order valence-electron chi connectivity index (χ0n) is 11.8. The normalized spacial score (nSPS) is 28.1. The average molecular weight is 243 g/mol. The summed E-state index contributed by atoms with van der Waals surface area (Å²) in [6.07, 6.45) is 5.26. The van der Waals surface area contributed by atoms with Crippen LogP contribution in [0.2, 0.25) is 0 Å². The largest absolute Gasteiger partial charge is 0.393 e. The lowest BCUT2D eigenvalue weighted by Gasteiger charge is -2.30. The molecule has 1 aliphatic rings. The van der Waals surface area contributed by atoms with E-state index in [1.165, 1.54) is 0 Å². The van der Waals surface area contributed by atoms with Crippen molar-refractivity contribution in [3.8, 4) is 0 Å². The lowest BCUT2D eigenvalue weighted by atomic mass is 9.87. The quantitative estimate of drug-likeness (QED) is 0.752.